The van der Waals surface area contributed by atoms with Crippen molar-refractivity contribution in [2.24, 2.45) is 0 Å². The van der Waals surface area contributed by atoms with Crippen molar-refractivity contribution in [2.45, 2.75) is 6.42 Å². The van der Waals surface area contributed by atoms with Gasteiger partial charge >= 0.3 is 29.6 Å². The fourth-order valence-electron chi connectivity index (χ4n) is 0.311. The zero-order chi connectivity index (χ0) is 5.70. The van der Waals surface area contributed by atoms with Gasteiger partial charge in [-0.1, -0.05) is 0 Å². The summed E-state index contributed by atoms with van der Waals surface area (Å²) in [6.07, 6.45) is 1.58. The molecule has 0 aromatic heterocycles. The first-order valence-electron chi connectivity index (χ1n) is 2.35. The Bertz CT molecular complexity index is 56.4. The van der Waals surface area contributed by atoms with Gasteiger partial charge in [0.05, 0.1) is 0 Å². The topological polar surface area (TPSA) is 20.3 Å². The first-order valence-corrected chi connectivity index (χ1v) is 2.35. The minimum atomic E-state index is 0. The van der Waals surface area contributed by atoms with Crippen LogP contribution < -0.4 is 0 Å². The molecular weight excluding hydrogens is 113 g/mol. The Morgan fingerprint density at radius 1 is 1.50 bits per heavy atom. The summed E-state index contributed by atoms with van der Waals surface area (Å²) in [5.74, 6) is 0. The van der Waals surface area contributed by atoms with Gasteiger partial charge in [0.25, 0.3) is 0 Å². The number of carbonyl (C=O) groups excluding carboxylic acids is 1. The molecule has 0 saturated carbocycles. The molecule has 0 aromatic carbocycles. The molecule has 0 bridgehead atoms. The molecule has 0 heterocycles. The van der Waals surface area contributed by atoms with E-state index in [0.29, 0.717) is 6.42 Å². The number of hydrogen-bond donors (Lipinski definition) is 0. The van der Waals surface area contributed by atoms with Gasteiger partial charge in [-0.3, -0.25) is 0 Å². The second-order valence-corrected chi connectivity index (χ2v) is 1.76. The molecule has 0 unspecified atom stereocenters. The summed E-state index contributed by atoms with van der Waals surface area (Å²) in [5.41, 5.74) is 0. The summed E-state index contributed by atoms with van der Waals surface area (Å²) in [5, 5.41) is 0. The monoisotopic (exact) mass is 125 g/mol. The summed E-state index contributed by atoms with van der Waals surface area (Å²) in [6, 6.07) is 0. The van der Waals surface area contributed by atoms with Gasteiger partial charge in [0, 0.05) is 13.0 Å². The summed E-state index contributed by atoms with van der Waals surface area (Å²) in [6.45, 7) is 0.865. The molecule has 2 nitrogen and oxygen atoms in total. The van der Waals surface area contributed by atoms with E-state index in [-0.39, 0.29) is 29.6 Å². The van der Waals surface area contributed by atoms with Crippen LogP contribution in [0, 0.1) is 0 Å². The van der Waals surface area contributed by atoms with Crippen molar-refractivity contribution in [3.8, 4) is 0 Å². The van der Waals surface area contributed by atoms with Crippen molar-refractivity contribution >= 4 is 35.8 Å². The van der Waals surface area contributed by atoms with Crippen molar-refractivity contribution in [2.75, 3.05) is 20.6 Å². The van der Waals surface area contributed by atoms with Gasteiger partial charge in [-0.2, -0.15) is 0 Å². The first-order chi connectivity index (χ1) is 3.27. The van der Waals surface area contributed by atoms with Crippen LogP contribution in [0.1, 0.15) is 6.42 Å². The number of aldehydes is 1. The molecule has 0 atom stereocenters. The summed E-state index contributed by atoms with van der Waals surface area (Å²) >= 11 is 0. The molecular formula is C5H12NNaO. The maximum atomic E-state index is 9.68. The molecule has 8 heavy (non-hydrogen) atoms. The van der Waals surface area contributed by atoms with Gasteiger partial charge < -0.3 is 9.69 Å². The molecule has 0 fully saturated rings. The first kappa shape index (κ1) is 11.4. The zero-order valence-electron chi connectivity index (χ0n) is 4.85. The van der Waals surface area contributed by atoms with E-state index in [0.717, 1.165) is 12.8 Å². The van der Waals surface area contributed by atoms with Gasteiger partial charge in [-0.15, -0.1) is 0 Å². The molecule has 0 rings (SSSR count). The Kier molecular flexibility index (Phi) is 10.9. The molecule has 0 N–H and O–H groups in total. The van der Waals surface area contributed by atoms with Crippen LogP contribution in [0.15, 0.2) is 0 Å². The van der Waals surface area contributed by atoms with Crippen LogP contribution in [-0.2, 0) is 4.79 Å². The summed E-state index contributed by atoms with van der Waals surface area (Å²) in [7, 11) is 3.90. The van der Waals surface area contributed by atoms with Crippen LogP contribution in [-0.4, -0.2) is 61.4 Å². The van der Waals surface area contributed by atoms with E-state index in [1.807, 2.05) is 19.0 Å². The molecule has 3 heteroatoms. The average molecular weight is 125 g/mol. The van der Waals surface area contributed by atoms with E-state index < -0.39 is 0 Å². The van der Waals surface area contributed by atoms with Crippen LogP contribution in [0.2, 0.25) is 0 Å². The molecule has 0 spiro atoms. The second kappa shape index (κ2) is 7.63. The average Bonchev–Trinajstić information content (AvgIpc) is 1.61. The Morgan fingerprint density at radius 3 is 2.12 bits per heavy atom. The van der Waals surface area contributed by atoms with Gasteiger partial charge in [-0.25, -0.2) is 0 Å². The van der Waals surface area contributed by atoms with E-state index in [9.17, 15) is 4.79 Å². The Hall–Kier alpha value is 0.630. The predicted molar refractivity (Wildman–Crippen MR) is 36.4 cm³/mol. The van der Waals surface area contributed by atoms with E-state index in [1.165, 1.54) is 0 Å². The third-order valence-electron chi connectivity index (χ3n) is 0.694. The zero-order valence-corrected chi connectivity index (χ0v) is 4.85. The van der Waals surface area contributed by atoms with Gasteiger partial charge in [0.15, 0.2) is 0 Å². The van der Waals surface area contributed by atoms with Gasteiger partial charge in [0.1, 0.15) is 6.29 Å². The molecule has 0 amide bonds. The van der Waals surface area contributed by atoms with Gasteiger partial charge in [-0.05, 0) is 14.1 Å². The fourth-order valence-corrected chi connectivity index (χ4v) is 0.311. The van der Waals surface area contributed by atoms with E-state index >= 15 is 0 Å². The van der Waals surface area contributed by atoms with Crippen molar-refractivity contribution in [1.29, 1.82) is 0 Å². The van der Waals surface area contributed by atoms with Gasteiger partial charge in [0.2, 0.25) is 0 Å². The molecule has 0 aliphatic heterocycles. The molecule has 0 aliphatic carbocycles. The standard InChI is InChI=1S/C5H11NO.Na.H/c1-6(2)4-3-5-7;;/h5H,3-4H2,1-2H3;;. The van der Waals surface area contributed by atoms with Crippen molar-refractivity contribution < 1.29 is 4.79 Å². The van der Waals surface area contributed by atoms with Crippen LogP contribution in [0.5, 0.6) is 0 Å². The predicted octanol–water partition coefficient (Wildman–Crippen LogP) is -0.512. The van der Waals surface area contributed by atoms with E-state index in [2.05, 4.69) is 0 Å². The second-order valence-electron chi connectivity index (χ2n) is 1.76. The molecule has 0 radical (unpaired) electrons. The third-order valence-corrected chi connectivity index (χ3v) is 0.694. The fraction of sp³-hybridized carbons (Fsp3) is 0.800. The van der Waals surface area contributed by atoms with Crippen LogP contribution in [0.3, 0.4) is 0 Å². The minimum absolute atomic E-state index is 0. The van der Waals surface area contributed by atoms with Crippen LogP contribution >= 0.6 is 0 Å². The molecule has 0 saturated heterocycles. The number of carbonyl (C=O) groups is 1. The summed E-state index contributed by atoms with van der Waals surface area (Å²) < 4.78 is 0. The molecule has 0 aliphatic rings. The van der Waals surface area contributed by atoms with E-state index in [4.69, 9.17) is 0 Å². The maximum absolute atomic E-state index is 9.68. The van der Waals surface area contributed by atoms with Crippen LogP contribution in [0.4, 0.5) is 0 Å². The third kappa shape index (κ3) is 9.80. The molecule has 44 valence electrons. The summed E-state index contributed by atoms with van der Waals surface area (Å²) in [4.78, 5) is 11.7. The van der Waals surface area contributed by atoms with Crippen molar-refractivity contribution in [3.05, 3.63) is 0 Å². The van der Waals surface area contributed by atoms with Crippen molar-refractivity contribution in [1.82, 2.24) is 4.90 Å². The normalized spacial score (nSPS) is 8.38. The van der Waals surface area contributed by atoms with Crippen LogP contribution in [0.25, 0.3) is 0 Å². The Labute approximate surface area is 72.5 Å². The number of rotatable bonds is 3. The quantitative estimate of drug-likeness (QED) is 0.374. The van der Waals surface area contributed by atoms with E-state index in [1.54, 1.807) is 0 Å². The number of nitrogens with zero attached hydrogens (tertiary/aromatic N) is 1. The number of hydrogen-bond acceptors (Lipinski definition) is 2. The Balaban J connectivity index is 0. The molecule has 0 aromatic rings. The SMILES string of the molecule is CN(C)CCC=O.[NaH]. The Morgan fingerprint density at radius 2 is 2.00 bits per heavy atom. The van der Waals surface area contributed by atoms with Crippen molar-refractivity contribution in [3.63, 3.8) is 0 Å².